The van der Waals surface area contributed by atoms with Crippen LogP contribution in [-0.4, -0.2) is 229 Å². The Morgan fingerprint density at radius 1 is 0.574 bits per heavy atom. The second-order valence-electron chi connectivity index (χ2n) is 33.8. The van der Waals surface area contributed by atoms with Crippen LogP contribution in [0, 0.1) is 120 Å². The number of halogens is 8. The summed E-state index contributed by atoms with van der Waals surface area (Å²) in [5.41, 5.74) is -1.86. The number of hydrogen-bond donors (Lipinski definition) is 3. The third kappa shape index (κ3) is 34.7. The first-order valence-corrected chi connectivity index (χ1v) is 55.0. The molecule has 0 fully saturated rings. The van der Waals surface area contributed by atoms with E-state index in [4.69, 9.17) is 31.9 Å². The van der Waals surface area contributed by atoms with Gasteiger partial charge < -0.3 is 10.8 Å². The standard InChI is InChI=1S/C19H25F2N3O5S2.C16H18F2N2O4S.C15H17F2N3O4S.C12H15FN2O3S.C7H10FNO2S.C7H11NO3S.C6H9NO2S.C3H5NO2S/c1-6-9-19(11-20,12-22)31(28,29)13-18(5,23-30(27)17(2,3)4)15-10-14(24(25)26)7-8-16(15)21;1-4-7-16(9-17)11(2)19-15(3,10-25(16,23)24)13-8-12(20(21)22)5-6-14(13)18;1-3-6-15(8-16)13(18)19-14(2,9-25(15,23)24)11-7-10(20(21)22)4-5-12(11)17;1-8(14-19(18)12(2,3)4)10-7-9(15(16)17)5-6-11(10)13;2*1-3-4-7(5-8,6-9)12(2,10)11;1-3-4-6(5-7)10(2,8)9;1-7(5,6)3-2-4/h6-8,10,23H,1,9,11,13H2,2-5H3;4-6,8H,1,7,9-10H2,2-3H3;3-5,7H,1,6,8-9H2,2H3,(H2,18,19);5-7H,1-4H3;3H,1,4-5H2,2H3;3,9H,1,4,6H2,2H3;3,6H,1,4H2,2H3;3H2,1H3/t18-,19?,30+;15-,16?;14-,15?;19-;;;;/m0001..../s1. The first-order valence-electron chi connectivity index (χ1n) is 40.0. The zero-order valence-electron chi connectivity index (χ0n) is 79.2. The highest BCUT2D eigenvalue weighted by atomic mass is 32.2. The smallest absolute Gasteiger partial charge is 0.270 e. The summed E-state index contributed by atoms with van der Waals surface area (Å²) in [7, 11) is -29.9. The number of allylic oxidation sites excluding steroid dienone is 6. The number of sulfone groups is 7. The fourth-order valence-electron chi connectivity index (χ4n) is 12.0. The molecule has 2 aliphatic rings. The summed E-state index contributed by atoms with van der Waals surface area (Å²) in [6.07, 6.45) is 10.4. The summed E-state index contributed by atoms with van der Waals surface area (Å²) >= 11 is 0. The van der Waals surface area contributed by atoms with Gasteiger partial charge in [0, 0.05) is 121 Å². The monoisotopic (exact) mass is 2170 g/mol. The van der Waals surface area contributed by atoms with Crippen molar-refractivity contribution in [3.8, 4) is 30.3 Å². The number of aliphatic hydroxyl groups is 1. The number of aliphatic imine (C=N–C) groups is 2. The Balaban J connectivity index is 0. The van der Waals surface area contributed by atoms with E-state index < -0.39 is 269 Å². The average molecular weight is 2170 g/mol. The lowest BCUT2D eigenvalue weighted by atomic mass is 9.91. The fourth-order valence-corrected chi connectivity index (χ4v) is 22.5. The zero-order valence-corrected chi connectivity index (χ0v) is 86.6. The van der Waals surface area contributed by atoms with Crippen LogP contribution in [0.5, 0.6) is 0 Å². The quantitative estimate of drug-likeness (QED) is 0.0127. The lowest BCUT2D eigenvalue weighted by Crippen LogP contribution is -2.59. The van der Waals surface area contributed by atoms with Crippen molar-refractivity contribution < 1.29 is 127 Å². The number of amidine groups is 1. The number of alkyl halides is 4. The third-order valence-corrected chi connectivity index (χ3v) is 37.1. The molecule has 6 unspecified atom stereocenters. The second kappa shape index (κ2) is 53.0. The number of nitrogens with one attached hydrogen (secondary N) is 1. The first-order chi connectivity index (χ1) is 64.2. The summed E-state index contributed by atoms with van der Waals surface area (Å²) < 4.78 is 293. The largest absolute Gasteiger partial charge is 0.394 e. The topological polar surface area (TPSA) is 660 Å². The molecule has 0 bridgehead atoms. The Hall–Kier alpha value is -11.5. The van der Waals surface area contributed by atoms with Crippen molar-refractivity contribution in [3.63, 3.8) is 0 Å². The highest BCUT2D eigenvalue weighted by Gasteiger charge is 2.57. The van der Waals surface area contributed by atoms with Crippen LogP contribution in [0.1, 0.15) is 137 Å². The predicted octanol–water partition coefficient (Wildman–Crippen LogP) is 12.1. The molecular formula is C85H110F8N14O25S9. The Morgan fingerprint density at radius 2 is 0.943 bits per heavy atom. The predicted molar refractivity (Wildman–Crippen MR) is 521 cm³/mol. The number of rotatable bonds is 35. The number of nitro groups is 4. The van der Waals surface area contributed by atoms with Gasteiger partial charge in [0.1, 0.15) is 82.8 Å². The maximum atomic E-state index is 14.7. The molecule has 4 aromatic rings. The van der Waals surface area contributed by atoms with Crippen LogP contribution in [0.15, 0.2) is 163 Å². The normalized spacial score (nSPS) is 19.9. The second-order valence-corrected chi connectivity index (χ2v) is 53.6. The molecule has 2 aliphatic heterocycles. The molecule has 0 radical (unpaired) electrons. The number of benzene rings is 4. The molecule has 56 heteroatoms. The highest BCUT2D eigenvalue weighted by Crippen LogP contribution is 2.44. The van der Waals surface area contributed by atoms with Crippen LogP contribution in [-0.2, 0) is 107 Å². The van der Waals surface area contributed by atoms with Gasteiger partial charge in [0.25, 0.3) is 22.7 Å². The number of nitrogens with two attached hydrogens (primary N) is 1. The van der Waals surface area contributed by atoms with E-state index >= 15 is 0 Å². The van der Waals surface area contributed by atoms with Gasteiger partial charge in [-0.05, 0) is 120 Å². The maximum Gasteiger partial charge on any atom is 0.270 e. The van der Waals surface area contributed by atoms with E-state index in [0.717, 1.165) is 104 Å². The molecule has 2 heterocycles. The number of nitriles is 5. The van der Waals surface area contributed by atoms with Gasteiger partial charge >= 0.3 is 0 Å². The lowest BCUT2D eigenvalue weighted by Gasteiger charge is -2.40. The highest BCUT2D eigenvalue weighted by molar-refractivity contribution is 7.95. The summed E-state index contributed by atoms with van der Waals surface area (Å²) in [4.78, 5) is 49.2. The Bertz CT molecular complexity index is 6390. The number of nitrogens with zero attached hydrogens (tertiary/aromatic N) is 12. The number of non-ortho nitro benzene ring substituents is 4. The van der Waals surface area contributed by atoms with Gasteiger partial charge in [-0.1, -0.05) is 36.5 Å². The van der Waals surface area contributed by atoms with Gasteiger partial charge in [-0.3, -0.25) is 50.4 Å². The van der Waals surface area contributed by atoms with Gasteiger partial charge in [0.15, 0.2) is 93.1 Å². The van der Waals surface area contributed by atoms with Crippen molar-refractivity contribution in [2.45, 2.75) is 170 Å². The molecule has 39 nitrogen and oxygen atoms in total. The molecule has 0 amide bonds. The Morgan fingerprint density at radius 3 is 1.23 bits per heavy atom. The maximum absolute atomic E-state index is 14.7. The Kier molecular flexibility index (Phi) is 49.4. The first kappa shape index (κ1) is 132. The van der Waals surface area contributed by atoms with Crippen LogP contribution >= 0.6 is 0 Å². The van der Waals surface area contributed by atoms with E-state index in [1.165, 1.54) is 83.2 Å². The van der Waals surface area contributed by atoms with Crippen LogP contribution in [0.4, 0.5) is 57.9 Å². The van der Waals surface area contributed by atoms with E-state index in [2.05, 4.69) is 58.6 Å². The van der Waals surface area contributed by atoms with Gasteiger partial charge in [-0.2, -0.15) is 30.7 Å². The van der Waals surface area contributed by atoms with Crippen LogP contribution in [0.25, 0.3) is 0 Å². The third-order valence-electron chi connectivity index (χ3n) is 20.4. The molecule has 780 valence electrons. The minimum atomic E-state index is -4.63. The SMILES string of the molecule is C=CCC(C#N)(CF)S(=O)(=O)C[C@](C)(N[S@](=O)C(C)(C)C)c1cc([N+](=O)[O-])ccc1F.C=CCC(C#N)(CF)S(C)(=O)=O.C=CCC(C#N)(CO)S(C)(=O)=O.C=CCC(C#N)S(C)(=O)=O.C=CCC1(CF)C(C)=N[C@](C)(c2cc([N+](=O)[O-])ccc2F)CS1(=O)=O.C=CCC1(CF)C(N)=N[C@](C)(c2cc([N+](=O)[O-])ccc2F)CS1(=O)=O.CC(=N[S@](=O)C(C)(C)C)c1cc([N+](=O)[O-])ccc1F.CS(=O)(=O)CC#N. The van der Waals surface area contributed by atoms with Crippen molar-refractivity contribution in [1.29, 1.82) is 26.3 Å². The van der Waals surface area contributed by atoms with Crippen molar-refractivity contribution in [2.75, 3.05) is 81.3 Å². The molecular weight excluding hydrogens is 2060 g/mol. The number of nitro benzene ring substituents is 4. The van der Waals surface area contributed by atoms with Crippen molar-refractivity contribution in [3.05, 3.63) is 235 Å². The zero-order chi connectivity index (χ0) is 111. The van der Waals surface area contributed by atoms with Crippen LogP contribution < -0.4 is 10.5 Å². The van der Waals surface area contributed by atoms with Crippen molar-refractivity contribution in [1.82, 2.24) is 4.72 Å². The molecule has 11 atom stereocenters. The number of aliphatic hydroxyl groups excluding tert-OH is 1. The molecule has 4 N–H and O–H groups in total. The summed E-state index contributed by atoms with van der Waals surface area (Å²) in [5, 5.41) is 94.2. The van der Waals surface area contributed by atoms with E-state index in [1.807, 2.05) is 0 Å². The molecule has 0 spiro atoms. The molecule has 0 saturated heterocycles. The average Bonchev–Trinajstić information content (AvgIpc) is 0.725. The van der Waals surface area contributed by atoms with E-state index in [-0.39, 0.29) is 77.3 Å². The van der Waals surface area contributed by atoms with Gasteiger partial charge in [-0.25, -0.2) is 107 Å². The molecule has 4 aromatic carbocycles. The van der Waals surface area contributed by atoms with Crippen LogP contribution in [0.3, 0.4) is 0 Å². The van der Waals surface area contributed by atoms with Gasteiger partial charge in [0.2, 0.25) is 0 Å². The molecule has 6 rings (SSSR count). The van der Waals surface area contributed by atoms with Gasteiger partial charge in [-0.15, -0.1) is 39.5 Å². The van der Waals surface area contributed by atoms with Crippen molar-refractivity contribution >= 4 is 131 Å². The minimum absolute atomic E-state index is 0.00504. The van der Waals surface area contributed by atoms with Crippen molar-refractivity contribution in [2.24, 2.45) is 20.1 Å². The molecule has 0 aromatic heterocycles. The van der Waals surface area contributed by atoms with Gasteiger partial charge in [0.05, 0.1) is 111 Å². The molecule has 141 heavy (non-hydrogen) atoms. The fraction of sp³-hybridized carbons (Fsp3) is 0.482. The minimum Gasteiger partial charge on any atom is -0.394 e. The van der Waals surface area contributed by atoms with Crippen LogP contribution in [0.2, 0.25) is 0 Å². The summed E-state index contributed by atoms with van der Waals surface area (Å²) in [6, 6.07) is 19.0. The number of hydrogen-bond acceptors (Lipinski definition) is 33. The molecule has 0 saturated carbocycles. The Labute approximate surface area is 819 Å². The summed E-state index contributed by atoms with van der Waals surface area (Å²) in [5.74, 6) is -6.63. The summed E-state index contributed by atoms with van der Waals surface area (Å²) in [6.45, 7) is 30.9. The van der Waals surface area contributed by atoms with E-state index in [9.17, 15) is 148 Å². The molecule has 0 aliphatic carbocycles. The lowest BCUT2D eigenvalue weighted by molar-refractivity contribution is -0.385. The van der Waals surface area contributed by atoms with E-state index in [0.29, 0.717) is 0 Å². The van der Waals surface area contributed by atoms with E-state index in [1.54, 1.807) is 53.7 Å².